The summed E-state index contributed by atoms with van der Waals surface area (Å²) in [7, 11) is 0. The Labute approximate surface area is 123 Å². The second-order valence-electron chi connectivity index (χ2n) is 4.27. The summed E-state index contributed by atoms with van der Waals surface area (Å²) in [6.07, 6.45) is 0. The van der Waals surface area contributed by atoms with Crippen molar-refractivity contribution in [1.82, 2.24) is 0 Å². The van der Waals surface area contributed by atoms with E-state index in [0.29, 0.717) is 0 Å². The molecule has 1 atom stereocenters. The van der Waals surface area contributed by atoms with Crippen LogP contribution in [0.25, 0.3) is 0 Å². The number of nitrogens with one attached hydrogen (secondary N) is 1. The standard InChI is InChI=1S/C14H11BrN2OS/c15-8-1-3-9(4-2-8)19-10-5-6-11-12(7-10)17-14(18)13(11)16/h1-7,13H,16H2,(H,17,18). The Morgan fingerprint density at radius 2 is 1.79 bits per heavy atom. The monoisotopic (exact) mass is 334 g/mol. The molecule has 1 amide bonds. The van der Waals surface area contributed by atoms with Gasteiger partial charge in [0.05, 0.1) is 0 Å². The molecule has 3 nitrogen and oxygen atoms in total. The van der Waals surface area contributed by atoms with Gasteiger partial charge in [0.2, 0.25) is 5.91 Å². The number of amides is 1. The van der Waals surface area contributed by atoms with Crippen molar-refractivity contribution in [2.45, 2.75) is 15.8 Å². The normalized spacial score (nSPS) is 17.2. The Morgan fingerprint density at radius 1 is 1.11 bits per heavy atom. The van der Waals surface area contributed by atoms with Gasteiger partial charge in [-0.15, -0.1) is 0 Å². The molecule has 5 heteroatoms. The molecule has 0 spiro atoms. The summed E-state index contributed by atoms with van der Waals surface area (Å²) in [5.41, 5.74) is 7.47. The van der Waals surface area contributed by atoms with Crippen molar-refractivity contribution in [2.75, 3.05) is 5.32 Å². The number of benzene rings is 2. The zero-order valence-electron chi connectivity index (χ0n) is 9.89. The van der Waals surface area contributed by atoms with E-state index >= 15 is 0 Å². The number of halogens is 1. The molecule has 3 rings (SSSR count). The van der Waals surface area contributed by atoms with Crippen molar-refractivity contribution in [2.24, 2.45) is 5.73 Å². The molecule has 0 aromatic heterocycles. The molecule has 3 N–H and O–H groups in total. The number of carbonyl (C=O) groups is 1. The third kappa shape index (κ3) is 2.54. The summed E-state index contributed by atoms with van der Waals surface area (Å²) in [6.45, 7) is 0. The maximum atomic E-state index is 11.5. The van der Waals surface area contributed by atoms with Crippen LogP contribution in [0.4, 0.5) is 5.69 Å². The van der Waals surface area contributed by atoms with Gasteiger partial charge in [-0.2, -0.15) is 0 Å². The zero-order valence-corrected chi connectivity index (χ0v) is 12.3. The second kappa shape index (κ2) is 5.00. The Hall–Kier alpha value is -1.30. The van der Waals surface area contributed by atoms with Crippen LogP contribution < -0.4 is 11.1 Å². The van der Waals surface area contributed by atoms with Crippen molar-refractivity contribution in [3.05, 3.63) is 52.5 Å². The lowest BCUT2D eigenvalue weighted by Crippen LogP contribution is -2.19. The molecular formula is C14H11BrN2OS. The van der Waals surface area contributed by atoms with E-state index in [1.165, 1.54) is 0 Å². The number of fused-ring (bicyclic) bond motifs is 1. The van der Waals surface area contributed by atoms with Crippen LogP contribution in [0.15, 0.2) is 56.7 Å². The van der Waals surface area contributed by atoms with E-state index in [9.17, 15) is 4.79 Å². The van der Waals surface area contributed by atoms with Gasteiger partial charge in [0.1, 0.15) is 6.04 Å². The first kappa shape index (κ1) is 12.7. The van der Waals surface area contributed by atoms with E-state index in [2.05, 4.69) is 21.2 Å². The van der Waals surface area contributed by atoms with E-state index in [4.69, 9.17) is 5.73 Å². The predicted octanol–water partition coefficient (Wildman–Crippen LogP) is 3.55. The van der Waals surface area contributed by atoms with Crippen LogP contribution in [0.5, 0.6) is 0 Å². The van der Waals surface area contributed by atoms with Crippen molar-refractivity contribution in [3.8, 4) is 0 Å². The van der Waals surface area contributed by atoms with Gasteiger partial charge in [-0.3, -0.25) is 4.79 Å². The first-order valence-corrected chi connectivity index (χ1v) is 7.38. The molecule has 0 saturated carbocycles. The minimum absolute atomic E-state index is 0.138. The minimum Gasteiger partial charge on any atom is -0.324 e. The molecule has 0 radical (unpaired) electrons. The lowest BCUT2D eigenvalue weighted by atomic mass is 10.1. The van der Waals surface area contributed by atoms with Gasteiger partial charge in [0, 0.05) is 25.5 Å². The first-order chi connectivity index (χ1) is 9.13. The Kier molecular flexibility index (Phi) is 3.35. The fourth-order valence-corrected chi connectivity index (χ4v) is 3.09. The van der Waals surface area contributed by atoms with Crippen LogP contribution >= 0.6 is 27.7 Å². The van der Waals surface area contributed by atoms with Crippen molar-refractivity contribution >= 4 is 39.3 Å². The fourth-order valence-electron chi connectivity index (χ4n) is 1.97. The molecule has 0 bridgehead atoms. The van der Waals surface area contributed by atoms with Crippen molar-refractivity contribution in [1.29, 1.82) is 0 Å². The van der Waals surface area contributed by atoms with E-state index in [0.717, 1.165) is 25.5 Å². The predicted molar refractivity (Wildman–Crippen MR) is 80.3 cm³/mol. The van der Waals surface area contributed by atoms with E-state index in [-0.39, 0.29) is 5.91 Å². The molecule has 1 aliphatic rings. The van der Waals surface area contributed by atoms with Crippen LogP contribution in [0.1, 0.15) is 11.6 Å². The highest BCUT2D eigenvalue weighted by molar-refractivity contribution is 9.10. The summed E-state index contributed by atoms with van der Waals surface area (Å²) in [4.78, 5) is 13.7. The summed E-state index contributed by atoms with van der Waals surface area (Å²) >= 11 is 5.07. The van der Waals surface area contributed by atoms with Crippen molar-refractivity contribution in [3.63, 3.8) is 0 Å². The van der Waals surface area contributed by atoms with Crippen molar-refractivity contribution < 1.29 is 4.79 Å². The average molecular weight is 335 g/mol. The quantitative estimate of drug-likeness (QED) is 0.882. The SMILES string of the molecule is NC1C(=O)Nc2cc(Sc3ccc(Br)cc3)ccc21. The van der Waals surface area contributed by atoms with Gasteiger partial charge in [-0.25, -0.2) is 0 Å². The topological polar surface area (TPSA) is 55.1 Å². The third-order valence-electron chi connectivity index (χ3n) is 2.95. The number of hydrogen-bond donors (Lipinski definition) is 2. The zero-order chi connectivity index (χ0) is 13.4. The summed E-state index contributed by atoms with van der Waals surface area (Å²) < 4.78 is 1.06. The molecule has 2 aromatic rings. The largest absolute Gasteiger partial charge is 0.324 e. The molecule has 2 aromatic carbocycles. The summed E-state index contributed by atoms with van der Waals surface area (Å²) in [5.74, 6) is -0.138. The number of nitrogens with two attached hydrogens (primary N) is 1. The molecule has 1 aliphatic heterocycles. The Morgan fingerprint density at radius 3 is 2.53 bits per heavy atom. The number of carbonyl (C=O) groups excluding carboxylic acids is 1. The highest BCUT2D eigenvalue weighted by atomic mass is 79.9. The third-order valence-corrected chi connectivity index (χ3v) is 4.48. The molecule has 0 aliphatic carbocycles. The van der Waals surface area contributed by atoms with Gasteiger partial charge in [0.25, 0.3) is 0 Å². The van der Waals surface area contributed by atoms with Gasteiger partial charge in [0.15, 0.2) is 0 Å². The lowest BCUT2D eigenvalue weighted by Gasteiger charge is -2.05. The van der Waals surface area contributed by atoms with Gasteiger partial charge in [-0.1, -0.05) is 33.8 Å². The Bertz CT molecular complexity index is 642. The highest BCUT2D eigenvalue weighted by Gasteiger charge is 2.26. The maximum Gasteiger partial charge on any atom is 0.245 e. The van der Waals surface area contributed by atoms with Gasteiger partial charge < -0.3 is 11.1 Å². The Balaban J connectivity index is 1.86. The van der Waals surface area contributed by atoms with Crippen LogP contribution in [0.2, 0.25) is 0 Å². The van der Waals surface area contributed by atoms with Gasteiger partial charge >= 0.3 is 0 Å². The molecular weight excluding hydrogens is 324 g/mol. The van der Waals surface area contributed by atoms with E-state index in [1.807, 2.05) is 42.5 Å². The molecule has 19 heavy (non-hydrogen) atoms. The van der Waals surface area contributed by atoms with Crippen LogP contribution in [-0.4, -0.2) is 5.91 Å². The molecule has 1 unspecified atom stereocenters. The van der Waals surface area contributed by atoms with E-state index in [1.54, 1.807) is 11.8 Å². The lowest BCUT2D eigenvalue weighted by molar-refractivity contribution is -0.116. The second-order valence-corrected chi connectivity index (χ2v) is 6.33. The highest BCUT2D eigenvalue weighted by Crippen LogP contribution is 2.35. The van der Waals surface area contributed by atoms with Crippen LogP contribution in [0.3, 0.4) is 0 Å². The maximum absolute atomic E-state index is 11.5. The molecule has 0 fully saturated rings. The average Bonchev–Trinajstić information content (AvgIpc) is 2.68. The number of anilines is 1. The minimum atomic E-state index is -0.540. The summed E-state index contributed by atoms with van der Waals surface area (Å²) in [6, 6.07) is 13.4. The summed E-state index contributed by atoms with van der Waals surface area (Å²) in [5, 5.41) is 2.80. The van der Waals surface area contributed by atoms with Crippen LogP contribution in [-0.2, 0) is 4.79 Å². The molecule has 96 valence electrons. The number of hydrogen-bond acceptors (Lipinski definition) is 3. The van der Waals surface area contributed by atoms with Gasteiger partial charge in [-0.05, 0) is 36.4 Å². The smallest absolute Gasteiger partial charge is 0.245 e. The van der Waals surface area contributed by atoms with E-state index < -0.39 is 6.04 Å². The molecule has 0 saturated heterocycles. The van der Waals surface area contributed by atoms with Crippen LogP contribution in [0, 0.1) is 0 Å². The fraction of sp³-hybridized carbons (Fsp3) is 0.0714. The molecule has 1 heterocycles. The first-order valence-electron chi connectivity index (χ1n) is 5.77. The number of rotatable bonds is 2.